The molecule has 1 unspecified atom stereocenters. The minimum atomic E-state index is 0.197. The fourth-order valence-electron chi connectivity index (χ4n) is 3.62. The number of hydrogen-bond acceptors (Lipinski definition) is 4. The van der Waals surface area contributed by atoms with E-state index in [0.29, 0.717) is 5.15 Å². The number of hydrogen-bond donors (Lipinski definition) is 1. The summed E-state index contributed by atoms with van der Waals surface area (Å²) in [6, 6.07) is 1.93. The molecule has 1 aliphatic heterocycles. The van der Waals surface area contributed by atoms with Gasteiger partial charge in [-0.3, -0.25) is 4.79 Å². The van der Waals surface area contributed by atoms with Crippen LogP contribution >= 0.6 is 11.6 Å². The molecule has 0 radical (unpaired) electrons. The molecule has 1 fully saturated rings. The van der Waals surface area contributed by atoms with E-state index in [1.165, 1.54) is 18.3 Å². The number of nitrogens with zero attached hydrogens (tertiary/aromatic N) is 3. The third-order valence-corrected chi connectivity index (χ3v) is 5.15. The van der Waals surface area contributed by atoms with Crippen LogP contribution in [-0.2, 0) is 4.79 Å². The number of likely N-dealkylation sites (tertiary alicyclic amines) is 1. The second-order valence-corrected chi connectivity index (χ2v) is 7.17. The largest absolute Gasteiger partial charge is 0.365 e. The zero-order chi connectivity index (χ0) is 16.9. The van der Waals surface area contributed by atoms with Gasteiger partial charge in [-0.1, -0.05) is 30.0 Å². The molecule has 5 nitrogen and oxygen atoms in total. The molecule has 6 heteroatoms. The molecule has 0 spiro atoms. The average molecular weight is 349 g/mol. The number of halogens is 1. The average Bonchev–Trinajstić information content (AvgIpc) is 2.95. The van der Waals surface area contributed by atoms with Crippen molar-refractivity contribution in [3.63, 3.8) is 0 Å². The van der Waals surface area contributed by atoms with Gasteiger partial charge in [0.1, 0.15) is 17.3 Å². The van der Waals surface area contributed by atoms with E-state index in [1.54, 1.807) is 6.07 Å². The first-order valence-electron chi connectivity index (χ1n) is 8.85. The molecular weight excluding hydrogens is 324 g/mol. The third-order valence-electron chi connectivity index (χ3n) is 4.95. The van der Waals surface area contributed by atoms with Crippen LogP contribution in [0, 0.1) is 0 Å². The number of aromatic nitrogens is 2. The first-order valence-corrected chi connectivity index (χ1v) is 9.23. The predicted octanol–water partition coefficient (Wildman–Crippen LogP) is 3.81. The molecule has 3 rings (SSSR count). The molecule has 1 aromatic rings. The summed E-state index contributed by atoms with van der Waals surface area (Å²) < 4.78 is 0. The second-order valence-electron chi connectivity index (χ2n) is 6.78. The molecule has 1 amide bonds. The first kappa shape index (κ1) is 17.2. The number of anilines is 1. The van der Waals surface area contributed by atoms with E-state index in [2.05, 4.69) is 22.2 Å². The highest BCUT2D eigenvalue weighted by Gasteiger charge is 2.26. The van der Waals surface area contributed by atoms with Gasteiger partial charge in [-0.05, 0) is 39.0 Å². The zero-order valence-corrected chi connectivity index (χ0v) is 15.0. The van der Waals surface area contributed by atoms with Crippen molar-refractivity contribution in [2.24, 2.45) is 0 Å². The Hall–Kier alpha value is -1.62. The topological polar surface area (TPSA) is 58.1 Å². The highest BCUT2D eigenvalue weighted by molar-refractivity contribution is 6.29. The van der Waals surface area contributed by atoms with Gasteiger partial charge in [-0.25, -0.2) is 9.97 Å². The Morgan fingerprint density at radius 2 is 2.12 bits per heavy atom. The van der Waals surface area contributed by atoms with Gasteiger partial charge in [-0.2, -0.15) is 0 Å². The summed E-state index contributed by atoms with van der Waals surface area (Å²) in [4.78, 5) is 23.1. The third kappa shape index (κ3) is 4.26. The normalized spacial score (nSPS) is 22.2. The van der Waals surface area contributed by atoms with Gasteiger partial charge in [0.25, 0.3) is 0 Å². The van der Waals surface area contributed by atoms with Crippen LogP contribution in [-0.4, -0.2) is 39.9 Å². The quantitative estimate of drug-likeness (QED) is 0.844. The van der Waals surface area contributed by atoms with Crippen LogP contribution in [0.15, 0.2) is 23.5 Å². The van der Waals surface area contributed by atoms with Gasteiger partial charge >= 0.3 is 0 Å². The Bertz CT molecular complexity index is 631. The molecule has 0 bridgehead atoms. The lowest BCUT2D eigenvalue weighted by Crippen LogP contribution is -2.43. The second kappa shape index (κ2) is 7.97. The van der Waals surface area contributed by atoms with Crippen LogP contribution in [0.25, 0.3) is 0 Å². The van der Waals surface area contributed by atoms with Gasteiger partial charge < -0.3 is 10.2 Å². The number of carbonyl (C=O) groups excluding carboxylic acids is 1. The summed E-state index contributed by atoms with van der Waals surface area (Å²) in [5.74, 6) is 0.962. The number of rotatable bonds is 3. The molecule has 130 valence electrons. The maximum Gasteiger partial charge on any atom is 0.249 e. The SMILES string of the molecule is CC1=C(C(=O)N2CCCCCC(Nc3cc(Cl)ncn3)C2)CCC1. The van der Waals surface area contributed by atoms with E-state index in [-0.39, 0.29) is 11.9 Å². The lowest BCUT2D eigenvalue weighted by atomic mass is 10.0. The van der Waals surface area contributed by atoms with Gasteiger partial charge in [0.2, 0.25) is 5.91 Å². The molecular formula is C18H25ClN4O. The van der Waals surface area contributed by atoms with Gasteiger partial charge in [0.15, 0.2) is 0 Å². The fraction of sp³-hybridized carbons (Fsp3) is 0.611. The minimum absolute atomic E-state index is 0.197. The van der Waals surface area contributed by atoms with Crippen molar-refractivity contribution in [3.05, 3.63) is 28.7 Å². The van der Waals surface area contributed by atoms with Crippen LogP contribution in [0.5, 0.6) is 0 Å². The smallest absolute Gasteiger partial charge is 0.249 e. The van der Waals surface area contributed by atoms with Crippen LogP contribution in [0.4, 0.5) is 5.82 Å². The zero-order valence-electron chi connectivity index (χ0n) is 14.2. The van der Waals surface area contributed by atoms with Crippen molar-refractivity contribution in [2.45, 2.75) is 57.9 Å². The van der Waals surface area contributed by atoms with Crippen molar-refractivity contribution in [1.29, 1.82) is 0 Å². The number of carbonyl (C=O) groups is 1. The van der Waals surface area contributed by atoms with E-state index < -0.39 is 0 Å². The standard InChI is InChI=1S/C18H25ClN4O/c1-13-6-5-8-15(13)18(24)23-9-4-2-3-7-14(11-23)22-17-10-16(19)20-12-21-17/h10,12,14H,2-9,11H2,1H3,(H,20,21,22). The lowest BCUT2D eigenvalue weighted by molar-refractivity contribution is -0.127. The minimum Gasteiger partial charge on any atom is -0.365 e. The van der Waals surface area contributed by atoms with Crippen molar-refractivity contribution in [1.82, 2.24) is 14.9 Å². The molecule has 1 atom stereocenters. The van der Waals surface area contributed by atoms with Crippen LogP contribution in [0.2, 0.25) is 5.15 Å². The summed E-state index contributed by atoms with van der Waals surface area (Å²) >= 11 is 5.94. The summed E-state index contributed by atoms with van der Waals surface area (Å²) in [5.41, 5.74) is 2.31. The Balaban J connectivity index is 1.70. The Kier molecular flexibility index (Phi) is 5.72. The van der Waals surface area contributed by atoms with E-state index in [1.807, 2.05) is 4.90 Å². The molecule has 0 aromatic carbocycles. The van der Waals surface area contributed by atoms with Gasteiger partial charge in [-0.15, -0.1) is 0 Å². The monoisotopic (exact) mass is 348 g/mol. The lowest BCUT2D eigenvalue weighted by Gasteiger charge is -2.31. The molecule has 1 aliphatic carbocycles. The predicted molar refractivity (Wildman–Crippen MR) is 96.1 cm³/mol. The highest BCUT2D eigenvalue weighted by atomic mass is 35.5. The van der Waals surface area contributed by atoms with Crippen molar-refractivity contribution in [2.75, 3.05) is 18.4 Å². The highest BCUT2D eigenvalue weighted by Crippen LogP contribution is 2.28. The van der Waals surface area contributed by atoms with Gasteiger partial charge in [0.05, 0.1) is 0 Å². The van der Waals surface area contributed by atoms with Crippen molar-refractivity contribution < 1.29 is 4.79 Å². The van der Waals surface area contributed by atoms with E-state index in [0.717, 1.165) is 63.0 Å². The summed E-state index contributed by atoms with van der Waals surface area (Å²) in [6.07, 6.45) is 9.01. The summed E-state index contributed by atoms with van der Waals surface area (Å²) in [7, 11) is 0. The number of nitrogens with one attached hydrogen (secondary N) is 1. The molecule has 1 saturated heterocycles. The molecule has 2 aliphatic rings. The summed E-state index contributed by atoms with van der Waals surface area (Å²) in [5, 5.41) is 3.86. The molecule has 2 heterocycles. The van der Waals surface area contributed by atoms with Gasteiger partial charge in [0, 0.05) is 30.8 Å². The maximum atomic E-state index is 12.9. The Morgan fingerprint density at radius 1 is 1.25 bits per heavy atom. The van der Waals surface area contributed by atoms with Crippen LogP contribution in [0.3, 0.4) is 0 Å². The number of allylic oxidation sites excluding steroid dienone is 1. The fourth-order valence-corrected chi connectivity index (χ4v) is 3.76. The molecule has 1 aromatic heterocycles. The Morgan fingerprint density at radius 3 is 2.88 bits per heavy atom. The van der Waals surface area contributed by atoms with Crippen molar-refractivity contribution in [3.8, 4) is 0 Å². The van der Waals surface area contributed by atoms with E-state index in [4.69, 9.17) is 11.6 Å². The first-order chi connectivity index (χ1) is 11.6. The van der Waals surface area contributed by atoms with Crippen molar-refractivity contribution >= 4 is 23.3 Å². The molecule has 1 N–H and O–H groups in total. The molecule has 0 saturated carbocycles. The molecule has 24 heavy (non-hydrogen) atoms. The number of amides is 1. The Labute approximate surface area is 148 Å². The maximum absolute atomic E-state index is 12.9. The van der Waals surface area contributed by atoms with Crippen LogP contribution in [0.1, 0.15) is 51.9 Å². The van der Waals surface area contributed by atoms with Crippen LogP contribution < -0.4 is 5.32 Å². The summed E-state index contributed by atoms with van der Waals surface area (Å²) in [6.45, 7) is 3.67. The van der Waals surface area contributed by atoms with E-state index >= 15 is 0 Å². The van der Waals surface area contributed by atoms with E-state index in [9.17, 15) is 4.79 Å².